The fraction of sp³-hybridized carbons (Fsp3) is 0.824. The number of rotatable bonds is 9. The highest BCUT2D eigenvalue weighted by Gasteiger charge is 2.38. The Labute approximate surface area is 132 Å². The van der Waals surface area contributed by atoms with Crippen LogP contribution in [0.2, 0.25) is 18.1 Å². The third-order valence-electron chi connectivity index (χ3n) is 4.25. The maximum absolute atomic E-state index is 11.2. The SMILES string of the molecule is CCCCC[C@@H](C/C=C\C(=O)OC)O[Si](C)(C)C(C)(C)C. The standard InChI is InChI=1S/C17H34O3Si/c1-8-9-10-12-15(13-11-14-16(18)19-5)20-21(6,7)17(2,3)4/h11,14-15H,8-10,12-13H2,1-7H3/b14-11-/t15-/m0/s1. The van der Waals surface area contributed by atoms with Crippen LogP contribution in [0.5, 0.6) is 0 Å². The van der Waals surface area contributed by atoms with E-state index in [1.807, 2.05) is 6.08 Å². The molecule has 4 heteroatoms. The van der Waals surface area contributed by atoms with Crippen molar-refractivity contribution in [3.8, 4) is 0 Å². The van der Waals surface area contributed by atoms with Gasteiger partial charge in [0.25, 0.3) is 0 Å². The maximum Gasteiger partial charge on any atom is 0.330 e. The molecule has 0 N–H and O–H groups in total. The number of methoxy groups -OCH3 is 1. The topological polar surface area (TPSA) is 35.5 Å². The zero-order valence-electron chi connectivity index (χ0n) is 15.0. The van der Waals surface area contributed by atoms with Gasteiger partial charge in [-0.05, 0) is 31.0 Å². The number of carbonyl (C=O) groups is 1. The summed E-state index contributed by atoms with van der Waals surface area (Å²) in [6.45, 7) is 13.5. The molecule has 0 aliphatic carbocycles. The van der Waals surface area contributed by atoms with Crippen molar-refractivity contribution in [2.24, 2.45) is 0 Å². The summed E-state index contributed by atoms with van der Waals surface area (Å²) in [5, 5.41) is 0.210. The van der Waals surface area contributed by atoms with Crippen LogP contribution in [0.3, 0.4) is 0 Å². The smallest absolute Gasteiger partial charge is 0.330 e. The third kappa shape index (κ3) is 8.42. The molecule has 124 valence electrons. The van der Waals surface area contributed by atoms with Crippen LogP contribution in [-0.4, -0.2) is 27.5 Å². The molecule has 0 amide bonds. The van der Waals surface area contributed by atoms with E-state index in [1.54, 1.807) is 0 Å². The number of unbranched alkanes of at least 4 members (excludes halogenated alkanes) is 2. The molecule has 0 bridgehead atoms. The van der Waals surface area contributed by atoms with Crippen molar-refractivity contribution in [2.75, 3.05) is 7.11 Å². The quantitative estimate of drug-likeness (QED) is 0.258. The molecule has 1 atom stereocenters. The molecule has 0 heterocycles. The highest BCUT2D eigenvalue weighted by molar-refractivity contribution is 6.74. The molecule has 0 aliphatic rings. The van der Waals surface area contributed by atoms with E-state index in [9.17, 15) is 4.79 Å². The summed E-state index contributed by atoms with van der Waals surface area (Å²) in [4.78, 5) is 11.2. The zero-order chi connectivity index (χ0) is 16.5. The molecular weight excluding hydrogens is 280 g/mol. The Balaban J connectivity index is 4.66. The van der Waals surface area contributed by atoms with Gasteiger partial charge in [-0.2, -0.15) is 0 Å². The molecule has 0 aromatic carbocycles. The first-order valence-electron chi connectivity index (χ1n) is 8.06. The molecule has 3 nitrogen and oxygen atoms in total. The van der Waals surface area contributed by atoms with E-state index in [-0.39, 0.29) is 17.1 Å². The number of carbonyl (C=O) groups excluding carboxylic acids is 1. The molecule has 0 spiro atoms. The van der Waals surface area contributed by atoms with Crippen molar-refractivity contribution in [1.29, 1.82) is 0 Å². The second-order valence-electron chi connectivity index (χ2n) is 7.16. The molecule has 0 rings (SSSR count). The minimum absolute atomic E-state index is 0.207. The van der Waals surface area contributed by atoms with Gasteiger partial charge in [0.1, 0.15) is 0 Å². The van der Waals surface area contributed by atoms with Gasteiger partial charge in [0.05, 0.1) is 7.11 Å². The summed E-state index contributed by atoms with van der Waals surface area (Å²) in [6.07, 6.45) is 9.07. The van der Waals surface area contributed by atoms with Crippen molar-refractivity contribution in [3.63, 3.8) is 0 Å². The van der Waals surface area contributed by atoms with Gasteiger partial charge in [0.15, 0.2) is 8.32 Å². The first kappa shape index (κ1) is 20.4. The van der Waals surface area contributed by atoms with Crippen LogP contribution < -0.4 is 0 Å². The Morgan fingerprint density at radius 2 is 1.86 bits per heavy atom. The molecule has 0 unspecified atom stereocenters. The van der Waals surface area contributed by atoms with Crippen LogP contribution in [0.15, 0.2) is 12.2 Å². The summed E-state index contributed by atoms with van der Waals surface area (Å²) in [5.74, 6) is -0.297. The third-order valence-corrected chi connectivity index (χ3v) is 8.79. The van der Waals surface area contributed by atoms with Gasteiger partial charge < -0.3 is 9.16 Å². The van der Waals surface area contributed by atoms with Crippen LogP contribution in [0, 0.1) is 0 Å². The second kappa shape index (κ2) is 9.41. The van der Waals surface area contributed by atoms with Gasteiger partial charge >= 0.3 is 5.97 Å². The van der Waals surface area contributed by atoms with Gasteiger partial charge in [0, 0.05) is 12.2 Å². The highest BCUT2D eigenvalue weighted by atomic mass is 28.4. The van der Waals surface area contributed by atoms with E-state index in [2.05, 4.69) is 45.5 Å². The van der Waals surface area contributed by atoms with E-state index in [0.29, 0.717) is 0 Å². The lowest BCUT2D eigenvalue weighted by atomic mass is 10.1. The molecular formula is C17H34O3Si. The predicted molar refractivity (Wildman–Crippen MR) is 92.0 cm³/mol. The average Bonchev–Trinajstić information content (AvgIpc) is 2.36. The van der Waals surface area contributed by atoms with Crippen molar-refractivity contribution in [2.45, 2.75) is 84.0 Å². The number of hydrogen-bond acceptors (Lipinski definition) is 3. The van der Waals surface area contributed by atoms with E-state index < -0.39 is 8.32 Å². The van der Waals surface area contributed by atoms with Gasteiger partial charge in [-0.3, -0.25) is 0 Å². The summed E-state index contributed by atoms with van der Waals surface area (Å²) in [5.41, 5.74) is 0. The van der Waals surface area contributed by atoms with E-state index in [1.165, 1.54) is 32.4 Å². The minimum atomic E-state index is -1.76. The Hall–Kier alpha value is -0.613. The zero-order valence-corrected chi connectivity index (χ0v) is 16.0. The summed E-state index contributed by atoms with van der Waals surface area (Å²) < 4.78 is 11.1. The lowest BCUT2D eigenvalue weighted by Crippen LogP contribution is -2.43. The van der Waals surface area contributed by atoms with Crippen molar-refractivity contribution < 1.29 is 14.0 Å². The number of esters is 1. The highest BCUT2D eigenvalue weighted by Crippen LogP contribution is 2.38. The summed E-state index contributed by atoms with van der Waals surface area (Å²) >= 11 is 0. The van der Waals surface area contributed by atoms with E-state index >= 15 is 0 Å². The van der Waals surface area contributed by atoms with Gasteiger partial charge in [-0.15, -0.1) is 0 Å². The molecule has 0 saturated heterocycles. The molecule has 0 fully saturated rings. The van der Waals surface area contributed by atoms with Crippen LogP contribution in [-0.2, 0) is 14.0 Å². The molecule has 0 aliphatic heterocycles. The number of hydrogen-bond donors (Lipinski definition) is 0. The summed E-state index contributed by atoms with van der Waals surface area (Å²) in [7, 11) is -0.363. The molecule has 0 saturated carbocycles. The Morgan fingerprint density at radius 3 is 2.33 bits per heavy atom. The largest absolute Gasteiger partial charge is 0.466 e. The Kier molecular flexibility index (Phi) is 9.14. The van der Waals surface area contributed by atoms with E-state index in [0.717, 1.165) is 12.8 Å². The Bertz CT molecular complexity index is 329. The molecule has 0 aromatic rings. The molecule has 0 radical (unpaired) electrons. The lowest BCUT2D eigenvalue weighted by Gasteiger charge is -2.39. The lowest BCUT2D eigenvalue weighted by molar-refractivity contribution is -0.134. The van der Waals surface area contributed by atoms with Crippen LogP contribution in [0.1, 0.15) is 59.8 Å². The van der Waals surface area contributed by atoms with Crippen LogP contribution in [0.4, 0.5) is 0 Å². The Morgan fingerprint density at radius 1 is 1.24 bits per heavy atom. The van der Waals surface area contributed by atoms with Crippen LogP contribution in [0.25, 0.3) is 0 Å². The fourth-order valence-corrected chi connectivity index (χ4v) is 3.23. The van der Waals surface area contributed by atoms with Gasteiger partial charge in [-0.1, -0.05) is 53.0 Å². The first-order valence-corrected chi connectivity index (χ1v) is 11.0. The van der Waals surface area contributed by atoms with Crippen LogP contribution >= 0.6 is 0 Å². The maximum atomic E-state index is 11.2. The van der Waals surface area contributed by atoms with Crippen molar-refractivity contribution in [1.82, 2.24) is 0 Å². The van der Waals surface area contributed by atoms with Gasteiger partial charge in [0.2, 0.25) is 0 Å². The number of ether oxygens (including phenoxy) is 1. The average molecular weight is 315 g/mol. The normalized spacial score (nSPS) is 14.4. The molecule has 21 heavy (non-hydrogen) atoms. The van der Waals surface area contributed by atoms with Gasteiger partial charge in [-0.25, -0.2) is 4.79 Å². The predicted octanol–water partition coefficient (Wildman–Crippen LogP) is 5.08. The fourth-order valence-electron chi connectivity index (χ4n) is 1.82. The summed E-state index contributed by atoms with van der Waals surface area (Å²) in [6, 6.07) is 0. The second-order valence-corrected chi connectivity index (χ2v) is 11.9. The first-order chi connectivity index (χ1) is 9.64. The molecule has 0 aromatic heterocycles. The minimum Gasteiger partial charge on any atom is -0.466 e. The van der Waals surface area contributed by atoms with Crippen molar-refractivity contribution in [3.05, 3.63) is 12.2 Å². The van der Waals surface area contributed by atoms with Crippen molar-refractivity contribution >= 4 is 14.3 Å². The monoisotopic (exact) mass is 314 g/mol. The van der Waals surface area contributed by atoms with E-state index in [4.69, 9.17) is 4.43 Å².